The molecule has 0 saturated carbocycles. The smallest absolute Gasteiger partial charge is 0.224 e. The summed E-state index contributed by atoms with van der Waals surface area (Å²) in [5.74, 6) is -0.433. The third-order valence-electron chi connectivity index (χ3n) is 4.98. The van der Waals surface area contributed by atoms with Gasteiger partial charge in [-0.05, 0) is 77.1 Å². The number of fused-ring (bicyclic) bond motifs is 1. The molecule has 2 aromatic carbocycles. The van der Waals surface area contributed by atoms with Gasteiger partial charge in [-0.2, -0.15) is 0 Å². The van der Waals surface area contributed by atoms with E-state index in [1.54, 1.807) is 30.3 Å². The van der Waals surface area contributed by atoms with Crippen LogP contribution < -0.4 is 5.32 Å². The number of sulfone groups is 1. The molecule has 0 bridgehead atoms. The number of amides is 1. The zero-order valence-electron chi connectivity index (χ0n) is 16.8. The summed E-state index contributed by atoms with van der Waals surface area (Å²) in [6.07, 6.45) is 4.15. The van der Waals surface area contributed by atoms with Crippen LogP contribution in [0.15, 0.2) is 52.9 Å². The molecule has 152 valence electrons. The summed E-state index contributed by atoms with van der Waals surface area (Å²) in [6.45, 7) is 4.52. The van der Waals surface area contributed by atoms with E-state index in [0.29, 0.717) is 6.54 Å². The molecule has 1 aliphatic rings. The molecule has 0 aliphatic heterocycles. The van der Waals surface area contributed by atoms with Crippen molar-refractivity contribution in [1.29, 1.82) is 0 Å². The Hall–Kier alpha value is -2.73. The Labute approximate surface area is 171 Å². The molecule has 0 fully saturated rings. The second kappa shape index (κ2) is 8.33. The Morgan fingerprint density at radius 1 is 1.10 bits per heavy atom. The van der Waals surface area contributed by atoms with Crippen LogP contribution in [0.2, 0.25) is 0 Å². The van der Waals surface area contributed by atoms with Crippen LogP contribution in [0.1, 0.15) is 43.4 Å². The monoisotopic (exact) mass is 413 g/mol. The van der Waals surface area contributed by atoms with E-state index in [9.17, 15) is 17.6 Å². The summed E-state index contributed by atoms with van der Waals surface area (Å²) >= 11 is 0. The number of rotatable bonds is 6. The predicted octanol–water partition coefficient (Wildman–Crippen LogP) is 4.47. The summed E-state index contributed by atoms with van der Waals surface area (Å²) < 4.78 is 37.2. The Balaban J connectivity index is 2.02. The van der Waals surface area contributed by atoms with E-state index in [1.165, 1.54) is 18.4 Å². The van der Waals surface area contributed by atoms with Crippen molar-refractivity contribution in [2.45, 2.75) is 31.6 Å². The molecular formula is C23H24FNO3S. The number of hydrogen-bond donors (Lipinski definition) is 1. The van der Waals surface area contributed by atoms with Gasteiger partial charge >= 0.3 is 0 Å². The van der Waals surface area contributed by atoms with Crippen molar-refractivity contribution in [1.82, 2.24) is 5.32 Å². The van der Waals surface area contributed by atoms with Gasteiger partial charge in [-0.15, -0.1) is 0 Å². The molecule has 6 heteroatoms. The third kappa shape index (κ3) is 4.65. The molecule has 2 aromatic rings. The van der Waals surface area contributed by atoms with Crippen LogP contribution in [0.25, 0.3) is 17.2 Å². The van der Waals surface area contributed by atoms with Gasteiger partial charge in [0.05, 0.1) is 11.3 Å². The van der Waals surface area contributed by atoms with E-state index in [2.05, 4.69) is 5.32 Å². The van der Waals surface area contributed by atoms with Crippen molar-refractivity contribution in [3.8, 4) is 0 Å². The lowest BCUT2D eigenvalue weighted by Gasteiger charge is -2.07. The van der Waals surface area contributed by atoms with E-state index >= 15 is 0 Å². The van der Waals surface area contributed by atoms with Crippen LogP contribution in [-0.4, -0.2) is 27.1 Å². The average molecular weight is 414 g/mol. The second-order valence-electron chi connectivity index (χ2n) is 7.22. The maximum absolute atomic E-state index is 13.9. The molecular weight excluding hydrogens is 389 g/mol. The van der Waals surface area contributed by atoms with Crippen molar-refractivity contribution < 1.29 is 17.6 Å². The zero-order chi connectivity index (χ0) is 21.2. The number of carbonyl (C=O) groups excluding carboxylic acids is 1. The van der Waals surface area contributed by atoms with E-state index in [4.69, 9.17) is 0 Å². The summed E-state index contributed by atoms with van der Waals surface area (Å²) in [5.41, 5.74) is 5.07. The Morgan fingerprint density at radius 3 is 2.41 bits per heavy atom. The number of benzene rings is 2. The van der Waals surface area contributed by atoms with Gasteiger partial charge in [0, 0.05) is 12.8 Å². The van der Waals surface area contributed by atoms with Crippen molar-refractivity contribution >= 4 is 33.0 Å². The Kier molecular flexibility index (Phi) is 6.03. The number of halogens is 1. The van der Waals surface area contributed by atoms with Gasteiger partial charge in [-0.1, -0.05) is 25.1 Å². The second-order valence-corrected chi connectivity index (χ2v) is 9.24. The lowest BCUT2D eigenvalue weighted by Crippen LogP contribution is -2.23. The maximum atomic E-state index is 13.9. The minimum atomic E-state index is -3.26. The summed E-state index contributed by atoms with van der Waals surface area (Å²) in [5, 5.41) is 2.87. The van der Waals surface area contributed by atoms with Crippen LogP contribution >= 0.6 is 0 Å². The van der Waals surface area contributed by atoms with Crippen molar-refractivity contribution in [2.75, 3.05) is 12.8 Å². The zero-order valence-corrected chi connectivity index (χ0v) is 17.6. The first-order chi connectivity index (χ1) is 13.7. The minimum absolute atomic E-state index is 0.0878. The average Bonchev–Trinajstić information content (AvgIpc) is 2.91. The Bertz CT molecular complexity index is 1110. The molecule has 0 heterocycles. The summed E-state index contributed by atoms with van der Waals surface area (Å²) in [4.78, 5) is 12.5. The summed E-state index contributed by atoms with van der Waals surface area (Å²) in [6, 6.07) is 11.2. The fraction of sp³-hybridized carbons (Fsp3) is 0.261. The molecule has 29 heavy (non-hydrogen) atoms. The van der Waals surface area contributed by atoms with E-state index in [0.717, 1.165) is 39.8 Å². The van der Waals surface area contributed by atoms with Gasteiger partial charge in [0.1, 0.15) is 5.82 Å². The molecule has 0 spiro atoms. The standard InChI is InChI=1S/C23H24FNO3S/c1-4-11-25-23(26)14-21-15(2)20(19-10-7-17(24)13-22(19)21)12-16-5-8-18(9-6-16)29(3,27)28/h5-10,12-13H,4,11,14H2,1-3H3,(H,25,26)/b20-12-. The molecule has 4 nitrogen and oxygen atoms in total. The van der Waals surface area contributed by atoms with Gasteiger partial charge in [0.25, 0.3) is 0 Å². The first kappa shape index (κ1) is 21.0. The molecule has 0 atom stereocenters. The molecule has 1 aliphatic carbocycles. The largest absolute Gasteiger partial charge is 0.356 e. The highest BCUT2D eigenvalue weighted by atomic mass is 32.2. The lowest BCUT2D eigenvalue weighted by atomic mass is 10.0. The first-order valence-corrected chi connectivity index (χ1v) is 11.4. The van der Waals surface area contributed by atoms with E-state index in [1.807, 2.05) is 19.9 Å². The van der Waals surface area contributed by atoms with Crippen LogP contribution in [0, 0.1) is 5.82 Å². The normalized spacial score (nSPS) is 15.0. The van der Waals surface area contributed by atoms with Crippen molar-refractivity contribution in [3.05, 3.63) is 70.5 Å². The van der Waals surface area contributed by atoms with Gasteiger partial charge in [-0.25, -0.2) is 12.8 Å². The number of nitrogens with one attached hydrogen (secondary N) is 1. The van der Waals surface area contributed by atoms with Gasteiger partial charge in [0.2, 0.25) is 5.91 Å². The fourth-order valence-corrected chi connectivity index (χ4v) is 4.08. The fourth-order valence-electron chi connectivity index (χ4n) is 3.45. The third-order valence-corrected chi connectivity index (χ3v) is 6.11. The van der Waals surface area contributed by atoms with Gasteiger partial charge < -0.3 is 5.32 Å². The Morgan fingerprint density at radius 2 is 1.79 bits per heavy atom. The molecule has 3 rings (SSSR count). The van der Waals surface area contributed by atoms with Gasteiger partial charge in [-0.3, -0.25) is 4.79 Å². The lowest BCUT2D eigenvalue weighted by molar-refractivity contribution is -0.120. The molecule has 1 N–H and O–H groups in total. The number of allylic oxidation sites excluding steroid dienone is 2. The molecule has 0 aromatic heterocycles. The SMILES string of the molecule is CCCNC(=O)CC1=C(C)/C(=C/c2ccc(S(C)(=O)=O)cc2)c2ccc(F)cc21. The minimum Gasteiger partial charge on any atom is -0.356 e. The van der Waals surface area contributed by atoms with Crippen LogP contribution in [0.4, 0.5) is 4.39 Å². The van der Waals surface area contributed by atoms with E-state index < -0.39 is 9.84 Å². The van der Waals surface area contributed by atoms with Crippen LogP contribution in [0.3, 0.4) is 0 Å². The highest BCUT2D eigenvalue weighted by Crippen LogP contribution is 2.43. The highest BCUT2D eigenvalue weighted by molar-refractivity contribution is 7.90. The molecule has 1 amide bonds. The quantitative estimate of drug-likeness (QED) is 0.760. The molecule has 0 unspecified atom stereocenters. The maximum Gasteiger partial charge on any atom is 0.224 e. The summed E-state index contributed by atoms with van der Waals surface area (Å²) in [7, 11) is -3.26. The van der Waals surface area contributed by atoms with Crippen LogP contribution in [-0.2, 0) is 14.6 Å². The van der Waals surface area contributed by atoms with Gasteiger partial charge in [0.15, 0.2) is 9.84 Å². The number of hydrogen-bond acceptors (Lipinski definition) is 3. The molecule has 0 radical (unpaired) electrons. The predicted molar refractivity (Wildman–Crippen MR) is 114 cm³/mol. The first-order valence-electron chi connectivity index (χ1n) is 9.49. The molecule has 0 saturated heterocycles. The van der Waals surface area contributed by atoms with Crippen molar-refractivity contribution in [3.63, 3.8) is 0 Å². The number of carbonyl (C=O) groups is 1. The van der Waals surface area contributed by atoms with Crippen LogP contribution in [0.5, 0.6) is 0 Å². The van der Waals surface area contributed by atoms with Crippen molar-refractivity contribution in [2.24, 2.45) is 0 Å². The van der Waals surface area contributed by atoms with E-state index in [-0.39, 0.29) is 23.0 Å². The topological polar surface area (TPSA) is 63.2 Å². The highest BCUT2D eigenvalue weighted by Gasteiger charge is 2.25.